The molecule has 1 saturated heterocycles. The number of hydrogen-bond acceptors (Lipinski definition) is 4. The zero-order chi connectivity index (χ0) is 12.1. The lowest BCUT2D eigenvalue weighted by atomic mass is 10.1. The molecule has 1 fully saturated rings. The molecule has 5 heteroatoms. The molecule has 1 aliphatic heterocycles. The van der Waals surface area contributed by atoms with Gasteiger partial charge < -0.3 is 15.0 Å². The Labute approximate surface area is 96.1 Å². The minimum absolute atomic E-state index is 0.00653. The van der Waals surface area contributed by atoms with E-state index in [0.29, 0.717) is 6.54 Å². The lowest BCUT2D eigenvalue weighted by molar-refractivity contribution is -0.149. The van der Waals surface area contributed by atoms with Crippen LogP contribution in [0.5, 0.6) is 0 Å². The van der Waals surface area contributed by atoms with Crippen molar-refractivity contribution in [2.45, 2.75) is 26.3 Å². The van der Waals surface area contributed by atoms with Crippen LogP contribution in [0.25, 0.3) is 0 Å². The molecule has 1 N–H and O–H groups in total. The van der Waals surface area contributed by atoms with Gasteiger partial charge in [0.2, 0.25) is 5.91 Å². The van der Waals surface area contributed by atoms with Crippen molar-refractivity contribution in [3.05, 3.63) is 0 Å². The molecule has 0 aromatic heterocycles. The lowest BCUT2D eigenvalue weighted by Gasteiger charge is -2.27. The van der Waals surface area contributed by atoms with Crippen molar-refractivity contribution in [1.82, 2.24) is 10.2 Å². The smallest absolute Gasteiger partial charge is 0.325 e. The average molecular weight is 228 g/mol. The first-order valence-corrected chi connectivity index (χ1v) is 5.64. The van der Waals surface area contributed by atoms with E-state index in [1.165, 1.54) is 7.11 Å². The Bertz CT molecular complexity index is 260. The summed E-state index contributed by atoms with van der Waals surface area (Å²) in [5.41, 5.74) is 0. The standard InChI is InChI=1S/C11H20N2O3/c1-8(2)13(7-10(14)16-3)11(15)9-4-5-12-6-9/h8-9,12H,4-7H2,1-3H3. The fraction of sp³-hybridized carbons (Fsp3) is 0.818. The monoisotopic (exact) mass is 228 g/mol. The fourth-order valence-corrected chi connectivity index (χ4v) is 1.82. The molecule has 0 aromatic carbocycles. The third-order valence-electron chi connectivity index (χ3n) is 2.84. The summed E-state index contributed by atoms with van der Waals surface area (Å²) in [5.74, 6) is -0.314. The second-order valence-corrected chi connectivity index (χ2v) is 4.33. The van der Waals surface area contributed by atoms with E-state index < -0.39 is 0 Å². The number of nitrogens with zero attached hydrogens (tertiary/aromatic N) is 1. The van der Waals surface area contributed by atoms with Crippen LogP contribution in [0.4, 0.5) is 0 Å². The van der Waals surface area contributed by atoms with Crippen LogP contribution in [-0.2, 0) is 14.3 Å². The molecule has 1 aliphatic rings. The number of carbonyl (C=O) groups is 2. The number of methoxy groups -OCH3 is 1. The predicted octanol–water partition coefficient (Wildman–Crippen LogP) is 0.00590. The van der Waals surface area contributed by atoms with Crippen molar-refractivity contribution in [2.75, 3.05) is 26.7 Å². The summed E-state index contributed by atoms with van der Waals surface area (Å²) < 4.78 is 4.60. The second-order valence-electron chi connectivity index (χ2n) is 4.33. The highest BCUT2D eigenvalue weighted by molar-refractivity contribution is 5.84. The van der Waals surface area contributed by atoms with E-state index in [0.717, 1.165) is 13.0 Å². The van der Waals surface area contributed by atoms with Gasteiger partial charge in [-0.1, -0.05) is 0 Å². The number of esters is 1. The molecule has 1 heterocycles. The maximum absolute atomic E-state index is 12.1. The van der Waals surface area contributed by atoms with Gasteiger partial charge in [-0.3, -0.25) is 9.59 Å². The summed E-state index contributed by atoms with van der Waals surface area (Å²) >= 11 is 0. The molecule has 5 nitrogen and oxygen atoms in total. The fourth-order valence-electron chi connectivity index (χ4n) is 1.82. The Hall–Kier alpha value is -1.10. The number of amides is 1. The molecule has 0 bridgehead atoms. The van der Waals surface area contributed by atoms with E-state index in [9.17, 15) is 9.59 Å². The summed E-state index contributed by atoms with van der Waals surface area (Å²) in [6.45, 7) is 5.44. The van der Waals surface area contributed by atoms with E-state index in [2.05, 4.69) is 10.1 Å². The van der Waals surface area contributed by atoms with Crippen LogP contribution < -0.4 is 5.32 Å². The van der Waals surface area contributed by atoms with Crippen LogP contribution in [-0.4, -0.2) is 49.6 Å². The average Bonchev–Trinajstić information content (AvgIpc) is 2.77. The number of carbonyl (C=O) groups excluding carboxylic acids is 2. The molecule has 0 aliphatic carbocycles. The van der Waals surface area contributed by atoms with Crippen molar-refractivity contribution >= 4 is 11.9 Å². The van der Waals surface area contributed by atoms with Gasteiger partial charge in [-0.05, 0) is 26.8 Å². The van der Waals surface area contributed by atoms with Gasteiger partial charge in [0, 0.05) is 12.6 Å². The maximum atomic E-state index is 12.1. The zero-order valence-electron chi connectivity index (χ0n) is 10.2. The van der Waals surface area contributed by atoms with Crippen LogP contribution in [0, 0.1) is 5.92 Å². The Morgan fingerprint density at radius 3 is 2.62 bits per heavy atom. The molecule has 1 unspecified atom stereocenters. The van der Waals surface area contributed by atoms with Crippen molar-refractivity contribution < 1.29 is 14.3 Å². The summed E-state index contributed by atoms with van der Waals surface area (Å²) in [4.78, 5) is 24.9. The van der Waals surface area contributed by atoms with Gasteiger partial charge in [-0.15, -0.1) is 0 Å². The van der Waals surface area contributed by atoms with Gasteiger partial charge in [-0.2, -0.15) is 0 Å². The lowest BCUT2D eigenvalue weighted by Crippen LogP contribution is -2.44. The van der Waals surface area contributed by atoms with Gasteiger partial charge >= 0.3 is 5.97 Å². The molecular weight excluding hydrogens is 208 g/mol. The topological polar surface area (TPSA) is 58.6 Å². The van der Waals surface area contributed by atoms with Crippen molar-refractivity contribution in [2.24, 2.45) is 5.92 Å². The summed E-state index contributed by atoms with van der Waals surface area (Å²) in [5, 5.41) is 3.15. The maximum Gasteiger partial charge on any atom is 0.325 e. The van der Waals surface area contributed by atoms with E-state index in [-0.39, 0.29) is 30.4 Å². The number of hydrogen-bond donors (Lipinski definition) is 1. The minimum Gasteiger partial charge on any atom is -0.468 e. The van der Waals surface area contributed by atoms with Crippen LogP contribution in [0.1, 0.15) is 20.3 Å². The summed E-state index contributed by atoms with van der Waals surface area (Å²) in [7, 11) is 1.34. The highest BCUT2D eigenvalue weighted by Gasteiger charge is 2.29. The number of ether oxygens (including phenoxy) is 1. The second kappa shape index (κ2) is 5.84. The first-order valence-electron chi connectivity index (χ1n) is 5.64. The molecule has 0 radical (unpaired) electrons. The largest absolute Gasteiger partial charge is 0.468 e. The van der Waals surface area contributed by atoms with Gasteiger partial charge in [-0.25, -0.2) is 0 Å². The van der Waals surface area contributed by atoms with Gasteiger partial charge in [0.15, 0.2) is 0 Å². The van der Waals surface area contributed by atoms with Crippen LogP contribution in [0.15, 0.2) is 0 Å². The summed E-state index contributed by atoms with van der Waals surface area (Å²) in [6.07, 6.45) is 0.850. The molecule has 1 atom stereocenters. The highest BCUT2D eigenvalue weighted by atomic mass is 16.5. The third-order valence-corrected chi connectivity index (χ3v) is 2.84. The normalized spacial score (nSPS) is 19.9. The molecule has 16 heavy (non-hydrogen) atoms. The molecule has 1 rings (SSSR count). The van der Waals surface area contributed by atoms with E-state index in [4.69, 9.17) is 0 Å². The predicted molar refractivity (Wildman–Crippen MR) is 59.8 cm³/mol. The first-order chi connectivity index (χ1) is 7.56. The van der Waals surface area contributed by atoms with Gasteiger partial charge in [0.1, 0.15) is 6.54 Å². The van der Waals surface area contributed by atoms with Crippen LogP contribution >= 0.6 is 0 Å². The Morgan fingerprint density at radius 1 is 1.50 bits per heavy atom. The molecule has 0 saturated carbocycles. The quantitative estimate of drug-likeness (QED) is 0.688. The SMILES string of the molecule is COC(=O)CN(C(=O)C1CCNC1)C(C)C. The van der Waals surface area contributed by atoms with Crippen molar-refractivity contribution in [3.63, 3.8) is 0 Å². The van der Waals surface area contributed by atoms with E-state index in [1.54, 1.807) is 4.90 Å². The Kier molecular flexibility index (Phi) is 4.73. The van der Waals surface area contributed by atoms with E-state index >= 15 is 0 Å². The first kappa shape index (κ1) is 13.0. The van der Waals surface area contributed by atoms with Crippen molar-refractivity contribution in [3.8, 4) is 0 Å². The van der Waals surface area contributed by atoms with E-state index in [1.807, 2.05) is 13.8 Å². The Balaban J connectivity index is 2.61. The molecule has 0 spiro atoms. The molecule has 0 aromatic rings. The van der Waals surface area contributed by atoms with Gasteiger partial charge in [0.05, 0.1) is 13.0 Å². The molecular formula is C11H20N2O3. The van der Waals surface area contributed by atoms with Crippen LogP contribution in [0.3, 0.4) is 0 Å². The Morgan fingerprint density at radius 2 is 2.19 bits per heavy atom. The molecule has 1 amide bonds. The number of nitrogens with one attached hydrogen (secondary N) is 1. The summed E-state index contributed by atoms with van der Waals surface area (Å²) in [6, 6.07) is 0.0206. The molecule has 92 valence electrons. The van der Waals surface area contributed by atoms with Crippen molar-refractivity contribution in [1.29, 1.82) is 0 Å². The minimum atomic E-state index is -0.368. The zero-order valence-corrected chi connectivity index (χ0v) is 10.2. The van der Waals surface area contributed by atoms with Crippen LogP contribution in [0.2, 0.25) is 0 Å². The third kappa shape index (κ3) is 3.20. The highest BCUT2D eigenvalue weighted by Crippen LogP contribution is 2.13. The number of rotatable bonds is 4. The van der Waals surface area contributed by atoms with Gasteiger partial charge in [0.25, 0.3) is 0 Å².